The molecule has 7 heteroatoms. The third-order valence-electron chi connectivity index (χ3n) is 1.72. The number of aromatic amines is 1. The Bertz CT molecular complexity index is 571. The molecule has 14 heavy (non-hydrogen) atoms. The molecule has 2 heterocycles. The van der Waals surface area contributed by atoms with Gasteiger partial charge in [-0.25, -0.2) is 4.98 Å². The van der Waals surface area contributed by atoms with Crippen LogP contribution in [0.3, 0.4) is 0 Å². The van der Waals surface area contributed by atoms with E-state index in [0.717, 1.165) is 11.3 Å². The van der Waals surface area contributed by atoms with Crippen molar-refractivity contribution in [2.45, 2.75) is 6.92 Å². The summed E-state index contributed by atoms with van der Waals surface area (Å²) >= 11 is 1.03. The van der Waals surface area contributed by atoms with Gasteiger partial charge in [-0.05, 0) is 6.92 Å². The monoisotopic (exact) mass is 211 g/mol. The number of aromatic nitrogens is 2. The van der Waals surface area contributed by atoms with Gasteiger partial charge in [-0.15, -0.1) is 11.3 Å². The van der Waals surface area contributed by atoms with Crippen molar-refractivity contribution in [1.82, 2.24) is 9.97 Å². The molecule has 0 aliphatic heterocycles. The number of nitrogens with one attached hydrogen (secondary N) is 1. The fourth-order valence-electron chi connectivity index (χ4n) is 1.16. The van der Waals surface area contributed by atoms with Crippen molar-refractivity contribution < 1.29 is 4.92 Å². The average molecular weight is 211 g/mol. The molecule has 0 aliphatic rings. The molecule has 0 saturated heterocycles. The molecule has 0 amide bonds. The van der Waals surface area contributed by atoms with Gasteiger partial charge >= 0.3 is 5.69 Å². The summed E-state index contributed by atoms with van der Waals surface area (Å²) in [5.41, 5.74) is -0.272. The van der Waals surface area contributed by atoms with Gasteiger partial charge < -0.3 is 4.98 Å². The zero-order chi connectivity index (χ0) is 10.3. The number of fused-ring (bicyclic) bond motifs is 1. The smallest absolute Gasteiger partial charge is 0.306 e. The summed E-state index contributed by atoms with van der Waals surface area (Å²) in [7, 11) is 0. The van der Waals surface area contributed by atoms with Gasteiger partial charge in [0, 0.05) is 0 Å². The third-order valence-corrected chi connectivity index (χ3v) is 2.68. The summed E-state index contributed by atoms with van der Waals surface area (Å²) in [4.78, 5) is 27.8. The number of nitrogens with zero attached hydrogens (tertiary/aromatic N) is 2. The van der Waals surface area contributed by atoms with Crippen molar-refractivity contribution in [3.05, 3.63) is 31.7 Å². The van der Waals surface area contributed by atoms with Crippen LogP contribution < -0.4 is 5.56 Å². The standard InChI is InChI=1S/C7H5N3O3S/c1-3-8-5-4(10(12)13)2-14-6(5)7(11)9-3/h2H,1H3,(H,8,9,11). The van der Waals surface area contributed by atoms with Gasteiger partial charge in [0.25, 0.3) is 5.56 Å². The average Bonchev–Trinajstić information content (AvgIpc) is 2.47. The number of rotatable bonds is 1. The molecule has 0 aliphatic carbocycles. The van der Waals surface area contributed by atoms with Crippen molar-refractivity contribution in [2.75, 3.05) is 0 Å². The van der Waals surface area contributed by atoms with E-state index in [0.29, 0.717) is 10.5 Å². The Morgan fingerprint density at radius 3 is 3.00 bits per heavy atom. The first-order valence-corrected chi connectivity index (χ1v) is 4.60. The van der Waals surface area contributed by atoms with Gasteiger partial charge in [0.1, 0.15) is 10.5 Å². The maximum Gasteiger partial charge on any atom is 0.306 e. The topological polar surface area (TPSA) is 88.9 Å². The summed E-state index contributed by atoms with van der Waals surface area (Å²) in [6.45, 7) is 1.59. The Morgan fingerprint density at radius 1 is 1.64 bits per heavy atom. The summed E-state index contributed by atoms with van der Waals surface area (Å²) in [6.07, 6.45) is 0. The van der Waals surface area contributed by atoms with Crippen LogP contribution in [0.2, 0.25) is 0 Å². The number of aryl methyl sites for hydroxylation is 1. The molecule has 2 aromatic rings. The van der Waals surface area contributed by atoms with Gasteiger partial charge in [-0.2, -0.15) is 0 Å². The van der Waals surface area contributed by atoms with Crippen molar-refractivity contribution in [2.24, 2.45) is 0 Å². The minimum atomic E-state index is -0.537. The van der Waals surface area contributed by atoms with Crippen molar-refractivity contribution in [1.29, 1.82) is 0 Å². The second-order valence-corrected chi connectivity index (χ2v) is 3.59. The van der Waals surface area contributed by atoms with E-state index in [1.165, 1.54) is 5.38 Å². The van der Waals surface area contributed by atoms with E-state index in [-0.39, 0.29) is 16.8 Å². The molecule has 0 bridgehead atoms. The second-order valence-electron chi connectivity index (χ2n) is 2.71. The molecule has 72 valence electrons. The molecule has 0 unspecified atom stereocenters. The Labute approximate surface area is 81.4 Å². The molecule has 0 atom stereocenters. The Balaban J connectivity index is 2.92. The predicted octanol–water partition coefficient (Wildman–Crippen LogP) is 1.20. The van der Waals surface area contributed by atoms with Crippen LogP contribution in [-0.4, -0.2) is 14.9 Å². The summed E-state index contributed by atoms with van der Waals surface area (Å²) in [5.74, 6) is 0.379. The lowest BCUT2D eigenvalue weighted by Gasteiger charge is -1.91. The van der Waals surface area contributed by atoms with Crippen LogP contribution in [0.25, 0.3) is 10.2 Å². The first kappa shape index (κ1) is 8.82. The maximum atomic E-state index is 11.3. The molecular weight excluding hydrogens is 206 g/mol. The highest BCUT2D eigenvalue weighted by molar-refractivity contribution is 7.17. The lowest BCUT2D eigenvalue weighted by atomic mass is 10.4. The van der Waals surface area contributed by atoms with E-state index in [2.05, 4.69) is 9.97 Å². The van der Waals surface area contributed by atoms with Gasteiger partial charge in [0.2, 0.25) is 0 Å². The predicted molar refractivity (Wildman–Crippen MR) is 51.6 cm³/mol. The first-order valence-electron chi connectivity index (χ1n) is 3.72. The molecule has 2 rings (SSSR count). The number of hydrogen-bond acceptors (Lipinski definition) is 5. The van der Waals surface area contributed by atoms with E-state index in [9.17, 15) is 14.9 Å². The van der Waals surface area contributed by atoms with Gasteiger partial charge in [0.05, 0.1) is 10.3 Å². The highest BCUT2D eigenvalue weighted by Gasteiger charge is 2.17. The van der Waals surface area contributed by atoms with E-state index in [1.807, 2.05) is 0 Å². The Morgan fingerprint density at radius 2 is 2.36 bits per heavy atom. The van der Waals surface area contributed by atoms with Crippen molar-refractivity contribution in [3.8, 4) is 0 Å². The summed E-state index contributed by atoms with van der Waals surface area (Å²) in [5, 5.41) is 11.9. The van der Waals surface area contributed by atoms with Crippen molar-refractivity contribution >= 4 is 27.2 Å². The zero-order valence-corrected chi connectivity index (χ0v) is 7.92. The van der Waals surface area contributed by atoms with Crippen LogP contribution in [0, 0.1) is 17.0 Å². The summed E-state index contributed by atoms with van der Waals surface area (Å²) < 4.78 is 0.294. The number of thiophene rings is 1. The minimum absolute atomic E-state index is 0.112. The zero-order valence-electron chi connectivity index (χ0n) is 7.10. The number of hydrogen-bond donors (Lipinski definition) is 1. The van der Waals surface area contributed by atoms with Crippen LogP contribution in [0.1, 0.15) is 5.82 Å². The summed E-state index contributed by atoms with van der Waals surface area (Å²) in [6, 6.07) is 0. The lowest BCUT2D eigenvalue weighted by Crippen LogP contribution is -2.07. The fraction of sp³-hybridized carbons (Fsp3) is 0.143. The van der Waals surface area contributed by atoms with Crippen LogP contribution in [-0.2, 0) is 0 Å². The molecule has 1 N–H and O–H groups in total. The minimum Gasteiger partial charge on any atom is -0.310 e. The molecule has 0 spiro atoms. The number of nitro groups is 1. The van der Waals surface area contributed by atoms with Gasteiger partial charge in [-0.3, -0.25) is 14.9 Å². The van der Waals surface area contributed by atoms with E-state index < -0.39 is 4.92 Å². The Hall–Kier alpha value is -1.76. The molecule has 0 radical (unpaired) electrons. The largest absolute Gasteiger partial charge is 0.310 e. The van der Waals surface area contributed by atoms with E-state index in [4.69, 9.17) is 0 Å². The van der Waals surface area contributed by atoms with Crippen LogP contribution in [0.4, 0.5) is 5.69 Å². The van der Waals surface area contributed by atoms with Crippen LogP contribution >= 0.6 is 11.3 Å². The SMILES string of the molecule is Cc1nc2c([N+](=O)[O-])csc2c(=O)[nH]1. The Kier molecular flexibility index (Phi) is 1.81. The van der Waals surface area contributed by atoms with E-state index >= 15 is 0 Å². The number of H-pyrrole nitrogens is 1. The normalized spacial score (nSPS) is 10.6. The second kappa shape index (κ2) is 2.88. The van der Waals surface area contributed by atoms with Gasteiger partial charge in [-0.1, -0.05) is 0 Å². The maximum absolute atomic E-state index is 11.3. The van der Waals surface area contributed by atoms with E-state index in [1.54, 1.807) is 6.92 Å². The molecular formula is C7H5N3O3S. The lowest BCUT2D eigenvalue weighted by molar-refractivity contribution is -0.382. The molecule has 0 aromatic carbocycles. The molecule has 0 saturated carbocycles. The molecule has 6 nitrogen and oxygen atoms in total. The fourth-order valence-corrected chi connectivity index (χ4v) is 2.01. The van der Waals surface area contributed by atoms with Crippen LogP contribution in [0.15, 0.2) is 10.2 Å². The highest BCUT2D eigenvalue weighted by atomic mass is 32.1. The molecule has 0 fully saturated rings. The van der Waals surface area contributed by atoms with Crippen LogP contribution in [0.5, 0.6) is 0 Å². The van der Waals surface area contributed by atoms with Gasteiger partial charge in [0.15, 0.2) is 5.52 Å². The highest BCUT2D eigenvalue weighted by Crippen LogP contribution is 2.27. The third kappa shape index (κ3) is 1.18. The molecule has 2 aromatic heterocycles. The first-order chi connectivity index (χ1) is 6.59. The van der Waals surface area contributed by atoms with Crippen molar-refractivity contribution in [3.63, 3.8) is 0 Å². The quantitative estimate of drug-likeness (QED) is 0.567.